The van der Waals surface area contributed by atoms with Crippen LogP contribution in [0.1, 0.15) is 38.2 Å². The zero-order valence-electron chi connectivity index (χ0n) is 12.1. The number of nitrogens with zero attached hydrogens (tertiary/aromatic N) is 2. The van der Waals surface area contributed by atoms with Crippen molar-refractivity contribution in [3.05, 3.63) is 11.9 Å². The lowest BCUT2D eigenvalue weighted by atomic mass is 10.1. The van der Waals surface area contributed by atoms with Crippen molar-refractivity contribution in [2.75, 3.05) is 24.8 Å². The highest BCUT2D eigenvalue weighted by Gasteiger charge is 2.25. The van der Waals surface area contributed by atoms with Crippen LogP contribution in [-0.2, 0) is 11.2 Å². The number of rotatable bonds is 6. The molecule has 0 bridgehead atoms. The van der Waals surface area contributed by atoms with Gasteiger partial charge in [0, 0.05) is 25.8 Å². The molecule has 0 aliphatic heterocycles. The standard InChI is InChI=1S/C14H24N4O/c1-4-5-12-13(15-2)16-9-17-14(12)18-10-6-7-11(8-10)19-3/h9-11H,4-8H2,1-3H3,(H2,15,16,17,18). The summed E-state index contributed by atoms with van der Waals surface area (Å²) in [6, 6.07) is 0.458. The van der Waals surface area contributed by atoms with Crippen LogP contribution >= 0.6 is 0 Å². The van der Waals surface area contributed by atoms with Crippen LogP contribution in [0.4, 0.5) is 11.6 Å². The fourth-order valence-corrected chi connectivity index (χ4v) is 2.72. The maximum atomic E-state index is 5.42. The molecular formula is C14H24N4O. The molecule has 2 unspecified atom stereocenters. The summed E-state index contributed by atoms with van der Waals surface area (Å²) in [5.74, 6) is 1.91. The maximum absolute atomic E-state index is 5.42. The minimum absolute atomic E-state index is 0.387. The van der Waals surface area contributed by atoms with E-state index in [0.29, 0.717) is 12.1 Å². The first-order valence-electron chi connectivity index (χ1n) is 7.09. The van der Waals surface area contributed by atoms with Crippen molar-refractivity contribution in [1.82, 2.24) is 9.97 Å². The first-order chi connectivity index (χ1) is 9.28. The van der Waals surface area contributed by atoms with Crippen LogP contribution in [0.2, 0.25) is 0 Å². The molecule has 5 heteroatoms. The lowest BCUT2D eigenvalue weighted by molar-refractivity contribution is 0.108. The topological polar surface area (TPSA) is 59.1 Å². The molecule has 5 nitrogen and oxygen atoms in total. The van der Waals surface area contributed by atoms with Gasteiger partial charge in [0.15, 0.2) is 0 Å². The lowest BCUT2D eigenvalue weighted by Gasteiger charge is -2.18. The van der Waals surface area contributed by atoms with E-state index in [4.69, 9.17) is 4.74 Å². The van der Waals surface area contributed by atoms with E-state index in [0.717, 1.165) is 43.7 Å². The summed E-state index contributed by atoms with van der Waals surface area (Å²) >= 11 is 0. The Morgan fingerprint density at radius 2 is 2.11 bits per heavy atom. The Morgan fingerprint density at radius 3 is 2.74 bits per heavy atom. The number of nitrogens with one attached hydrogen (secondary N) is 2. The number of hydrogen-bond acceptors (Lipinski definition) is 5. The molecule has 2 atom stereocenters. The van der Waals surface area contributed by atoms with Gasteiger partial charge < -0.3 is 15.4 Å². The molecule has 0 spiro atoms. The molecule has 0 aromatic carbocycles. The van der Waals surface area contributed by atoms with E-state index in [1.807, 2.05) is 7.05 Å². The third kappa shape index (κ3) is 3.35. The monoisotopic (exact) mass is 264 g/mol. The molecule has 0 amide bonds. The number of anilines is 2. The summed E-state index contributed by atoms with van der Waals surface area (Å²) in [6.45, 7) is 2.17. The third-order valence-electron chi connectivity index (χ3n) is 3.74. The van der Waals surface area contributed by atoms with Gasteiger partial charge in [0.25, 0.3) is 0 Å². The molecule has 2 N–H and O–H groups in total. The molecule has 1 heterocycles. The Balaban J connectivity index is 2.11. The molecule has 1 aromatic rings. The highest BCUT2D eigenvalue weighted by molar-refractivity contribution is 5.57. The van der Waals surface area contributed by atoms with Gasteiger partial charge >= 0.3 is 0 Å². The van der Waals surface area contributed by atoms with Gasteiger partial charge in [-0.15, -0.1) is 0 Å². The Labute approximate surface area is 115 Å². The van der Waals surface area contributed by atoms with Crippen LogP contribution in [0.15, 0.2) is 6.33 Å². The molecule has 106 valence electrons. The summed E-state index contributed by atoms with van der Waals surface area (Å²) < 4.78 is 5.42. The minimum atomic E-state index is 0.387. The van der Waals surface area contributed by atoms with Crippen LogP contribution in [0.25, 0.3) is 0 Å². The van der Waals surface area contributed by atoms with Gasteiger partial charge in [-0.25, -0.2) is 9.97 Å². The molecule has 0 saturated heterocycles. The predicted molar refractivity (Wildman–Crippen MR) is 77.6 cm³/mol. The summed E-state index contributed by atoms with van der Waals surface area (Å²) in [5.41, 5.74) is 1.19. The summed E-state index contributed by atoms with van der Waals surface area (Å²) in [6.07, 6.45) is 7.40. The van der Waals surface area contributed by atoms with Crippen molar-refractivity contribution in [1.29, 1.82) is 0 Å². The Bertz CT molecular complexity index is 410. The largest absolute Gasteiger partial charge is 0.381 e. The van der Waals surface area contributed by atoms with Crippen LogP contribution < -0.4 is 10.6 Å². The van der Waals surface area contributed by atoms with Crippen molar-refractivity contribution >= 4 is 11.6 Å². The van der Waals surface area contributed by atoms with Gasteiger partial charge in [0.2, 0.25) is 0 Å². The van der Waals surface area contributed by atoms with Crippen molar-refractivity contribution < 1.29 is 4.74 Å². The van der Waals surface area contributed by atoms with E-state index in [9.17, 15) is 0 Å². The molecule has 19 heavy (non-hydrogen) atoms. The van der Waals surface area contributed by atoms with Crippen LogP contribution in [0.3, 0.4) is 0 Å². The first kappa shape index (κ1) is 14.1. The average molecular weight is 264 g/mol. The number of ether oxygens (including phenoxy) is 1. The zero-order valence-corrected chi connectivity index (χ0v) is 12.1. The van der Waals surface area contributed by atoms with Gasteiger partial charge in [-0.3, -0.25) is 0 Å². The second kappa shape index (κ2) is 6.70. The molecule has 1 aliphatic rings. The second-order valence-electron chi connectivity index (χ2n) is 5.06. The Kier molecular flexibility index (Phi) is 4.96. The zero-order chi connectivity index (χ0) is 13.7. The number of aromatic nitrogens is 2. The number of hydrogen-bond donors (Lipinski definition) is 2. The van der Waals surface area contributed by atoms with Crippen molar-refractivity contribution in [3.63, 3.8) is 0 Å². The summed E-state index contributed by atoms with van der Waals surface area (Å²) in [4.78, 5) is 8.71. The van der Waals surface area contributed by atoms with Crippen LogP contribution in [0.5, 0.6) is 0 Å². The van der Waals surface area contributed by atoms with E-state index in [-0.39, 0.29) is 0 Å². The van der Waals surface area contributed by atoms with E-state index < -0.39 is 0 Å². The fraction of sp³-hybridized carbons (Fsp3) is 0.714. The molecular weight excluding hydrogens is 240 g/mol. The summed E-state index contributed by atoms with van der Waals surface area (Å²) in [7, 11) is 3.70. The molecule has 1 fully saturated rings. The fourth-order valence-electron chi connectivity index (χ4n) is 2.72. The van der Waals surface area contributed by atoms with E-state index in [1.165, 1.54) is 5.56 Å². The van der Waals surface area contributed by atoms with Gasteiger partial charge in [0.05, 0.1) is 6.10 Å². The normalized spacial score (nSPS) is 22.5. The van der Waals surface area contributed by atoms with E-state index >= 15 is 0 Å². The average Bonchev–Trinajstić information content (AvgIpc) is 2.88. The molecule has 1 saturated carbocycles. The van der Waals surface area contributed by atoms with Crippen LogP contribution in [-0.4, -0.2) is 36.3 Å². The second-order valence-corrected chi connectivity index (χ2v) is 5.06. The first-order valence-corrected chi connectivity index (χ1v) is 7.09. The molecule has 0 radical (unpaired) electrons. The Morgan fingerprint density at radius 1 is 1.32 bits per heavy atom. The maximum Gasteiger partial charge on any atom is 0.134 e. The van der Waals surface area contributed by atoms with Gasteiger partial charge in [-0.2, -0.15) is 0 Å². The number of methoxy groups -OCH3 is 1. The van der Waals surface area contributed by atoms with E-state index in [2.05, 4.69) is 27.5 Å². The van der Waals surface area contributed by atoms with Crippen molar-refractivity contribution in [2.45, 2.75) is 51.2 Å². The third-order valence-corrected chi connectivity index (χ3v) is 3.74. The van der Waals surface area contributed by atoms with Crippen molar-refractivity contribution in [2.24, 2.45) is 0 Å². The van der Waals surface area contributed by atoms with Crippen molar-refractivity contribution in [3.8, 4) is 0 Å². The molecule has 2 rings (SSSR count). The van der Waals surface area contributed by atoms with Gasteiger partial charge in [-0.1, -0.05) is 13.3 Å². The van der Waals surface area contributed by atoms with E-state index in [1.54, 1.807) is 13.4 Å². The Hall–Kier alpha value is -1.36. The smallest absolute Gasteiger partial charge is 0.134 e. The molecule has 1 aliphatic carbocycles. The van der Waals surface area contributed by atoms with Gasteiger partial charge in [-0.05, 0) is 25.7 Å². The highest BCUT2D eigenvalue weighted by atomic mass is 16.5. The summed E-state index contributed by atoms with van der Waals surface area (Å²) in [5, 5.41) is 6.71. The van der Waals surface area contributed by atoms with Crippen LogP contribution in [0, 0.1) is 0 Å². The van der Waals surface area contributed by atoms with Gasteiger partial charge in [0.1, 0.15) is 18.0 Å². The quantitative estimate of drug-likeness (QED) is 0.826. The highest BCUT2D eigenvalue weighted by Crippen LogP contribution is 2.27. The lowest BCUT2D eigenvalue weighted by Crippen LogP contribution is -2.20. The molecule has 1 aromatic heterocycles. The SMILES string of the molecule is CCCc1c(NC)ncnc1NC1CCC(OC)C1. The minimum Gasteiger partial charge on any atom is -0.381 e. The predicted octanol–water partition coefficient (Wildman–Crippen LogP) is 2.45.